The minimum Gasteiger partial charge on any atom is -0.494 e. The second-order valence-electron chi connectivity index (χ2n) is 4.93. The number of rotatable bonds is 6. The summed E-state index contributed by atoms with van der Waals surface area (Å²) in [5, 5.41) is 3.69. The summed E-state index contributed by atoms with van der Waals surface area (Å²) in [6, 6.07) is 10.6. The number of benzene rings is 2. The molecule has 0 fully saturated rings. The maximum Gasteiger partial charge on any atom is 0.264 e. The predicted molar refractivity (Wildman–Crippen MR) is 98.3 cm³/mol. The van der Waals surface area contributed by atoms with Crippen LogP contribution in [-0.2, 0) is 4.79 Å². The zero-order valence-corrected chi connectivity index (χ0v) is 15.1. The number of nitrogens with one attached hydrogen (secondary N) is 1. The molecule has 1 N–H and O–H groups in total. The molecule has 0 unspecified atom stereocenters. The second-order valence-corrected chi connectivity index (χ2v) is 6.34. The van der Waals surface area contributed by atoms with E-state index in [1.54, 1.807) is 44.6 Å². The third-order valence-corrected chi connectivity index (χ3v) is 4.78. The number of fused-ring (bicyclic) bond motifs is 1. The van der Waals surface area contributed by atoms with Crippen LogP contribution in [0.4, 0.5) is 5.13 Å². The van der Waals surface area contributed by atoms with Crippen LogP contribution in [0, 0.1) is 0 Å². The zero-order chi connectivity index (χ0) is 17.8. The van der Waals surface area contributed by atoms with Gasteiger partial charge in [-0.25, -0.2) is 4.98 Å². The Morgan fingerprint density at radius 1 is 1.12 bits per heavy atom. The lowest BCUT2D eigenvalue weighted by atomic mass is 10.3. The minimum absolute atomic E-state index is 0.166. The number of anilines is 1. The maximum atomic E-state index is 12.1. The van der Waals surface area contributed by atoms with Crippen molar-refractivity contribution in [2.45, 2.75) is 0 Å². The zero-order valence-electron chi connectivity index (χ0n) is 13.5. The molecule has 1 amide bonds. The number of hydrogen-bond donors (Lipinski definition) is 1. The minimum atomic E-state index is -0.333. The van der Waals surface area contributed by atoms with Gasteiger partial charge in [0.1, 0.15) is 11.3 Å². The molecule has 6 nitrogen and oxygen atoms in total. The highest BCUT2D eigenvalue weighted by Crippen LogP contribution is 2.37. The van der Waals surface area contributed by atoms with Crippen molar-refractivity contribution < 1.29 is 19.0 Å². The highest BCUT2D eigenvalue weighted by atomic mass is 35.5. The number of carbonyl (C=O) groups is 1. The molecule has 0 radical (unpaired) electrons. The third kappa shape index (κ3) is 3.78. The van der Waals surface area contributed by atoms with Crippen LogP contribution in [0.1, 0.15) is 0 Å². The number of ether oxygens (including phenoxy) is 3. The Balaban J connectivity index is 1.71. The van der Waals surface area contributed by atoms with Crippen molar-refractivity contribution in [3.63, 3.8) is 0 Å². The average Bonchev–Trinajstić information content (AvgIpc) is 3.05. The van der Waals surface area contributed by atoms with E-state index in [-0.39, 0.29) is 12.5 Å². The maximum absolute atomic E-state index is 12.1. The van der Waals surface area contributed by atoms with Gasteiger partial charge < -0.3 is 14.2 Å². The van der Waals surface area contributed by atoms with E-state index in [1.807, 2.05) is 6.07 Å². The van der Waals surface area contributed by atoms with Gasteiger partial charge in [-0.3, -0.25) is 10.1 Å². The van der Waals surface area contributed by atoms with Gasteiger partial charge in [0.2, 0.25) is 0 Å². The van der Waals surface area contributed by atoms with Gasteiger partial charge >= 0.3 is 0 Å². The topological polar surface area (TPSA) is 69.7 Å². The van der Waals surface area contributed by atoms with Crippen molar-refractivity contribution in [2.75, 3.05) is 26.1 Å². The fraction of sp³-hybridized carbons (Fsp3) is 0.176. The summed E-state index contributed by atoms with van der Waals surface area (Å²) in [6.07, 6.45) is 0. The van der Waals surface area contributed by atoms with Crippen LogP contribution in [0.3, 0.4) is 0 Å². The molecule has 0 aliphatic heterocycles. The SMILES string of the molecule is COc1ccccc1OCC(=O)Nc1nc2c(OC)ccc(Cl)c2s1. The van der Waals surface area contributed by atoms with Crippen LogP contribution >= 0.6 is 22.9 Å². The van der Waals surface area contributed by atoms with E-state index in [4.69, 9.17) is 25.8 Å². The fourth-order valence-electron chi connectivity index (χ4n) is 2.21. The van der Waals surface area contributed by atoms with Crippen LogP contribution in [0.15, 0.2) is 36.4 Å². The van der Waals surface area contributed by atoms with Crippen molar-refractivity contribution in [2.24, 2.45) is 0 Å². The van der Waals surface area contributed by atoms with Gasteiger partial charge in [0.25, 0.3) is 5.91 Å². The fourth-order valence-corrected chi connectivity index (χ4v) is 3.38. The molecule has 2 aromatic carbocycles. The number of carbonyl (C=O) groups excluding carboxylic acids is 1. The number of amides is 1. The van der Waals surface area contributed by atoms with Crippen LogP contribution in [0.5, 0.6) is 17.2 Å². The molecule has 0 saturated heterocycles. The van der Waals surface area contributed by atoms with Crippen molar-refractivity contribution in [1.29, 1.82) is 0 Å². The first-order valence-electron chi connectivity index (χ1n) is 7.31. The lowest BCUT2D eigenvalue weighted by molar-refractivity contribution is -0.118. The van der Waals surface area contributed by atoms with Gasteiger partial charge in [-0.2, -0.15) is 0 Å². The summed E-state index contributed by atoms with van der Waals surface area (Å²) < 4.78 is 16.7. The van der Waals surface area contributed by atoms with Gasteiger partial charge in [-0.05, 0) is 24.3 Å². The molecule has 0 bridgehead atoms. The van der Waals surface area contributed by atoms with E-state index in [2.05, 4.69) is 10.3 Å². The van der Waals surface area contributed by atoms with Gasteiger partial charge in [0, 0.05) is 0 Å². The number of nitrogens with zero attached hydrogens (tertiary/aromatic N) is 1. The van der Waals surface area contributed by atoms with E-state index in [0.29, 0.717) is 32.9 Å². The summed E-state index contributed by atoms with van der Waals surface area (Å²) in [5.41, 5.74) is 0.612. The van der Waals surface area contributed by atoms with E-state index < -0.39 is 0 Å². The van der Waals surface area contributed by atoms with Crippen molar-refractivity contribution >= 4 is 44.2 Å². The molecule has 3 rings (SSSR count). The highest BCUT2D eigenvalue weighted by molar-refractivity contribution is 7.23. The number of methoxy groups -OCH3 is 2. The quantitative estimate of drug-likeness (QED) is 0.702. The van der Waals surface area contributed by atoms with Crippen LogP contribution in [0.2, 0.25) is 5.02 Å². The van der Waals surface area contributed by atoms with Gasteiger partial charge in [0.15, 0.2) is 23.2 Å². The number of aromatic nitrogens is 1. The lowest BCUT2D eigenvalue weighted by Crippen LogP contribution is -2.20. The molecule has 8 heteroatoms. The van der Waals surface area contributed by atoms with Crippen LogP contribution in [0.25, 0.3) is 10.2 Å². The largest absolute Gasteiger partial charge is 0.494 e. The monoisotopic (exact) mass is 378 g/mol. The Morgan fingerprint density at radius 2 is 1.84 bits per heavy atom. The smallest absolute Gasteiger partial charge is 0.264 e. The van der Waals surface area contributed by atoms with E-state index in [0.717, 1.165) is 4.70 Å². The van der Waals surface area contributed by atoms with E-state index in [1.165, 1.54) is 11.3 Å². The molecule has 0 aliphatic rings. The van der Waals surface area contributed by atoms with Gasteiger partial charge in [0.05, 0.1) is 23.9 Å². The first-order valence-corrected chi connectivity index (χ1v) is 8.50. The number of thiazole rings is 1. The Hall–Kier alpha value is -2.51. The Bertz CT molecular complexity index is 913. The Morgan fingerprint density at radius 3 is 2.56 bits per heavy atom. The third-order valence-electron chi connectivity index (χ3n) is 3.35. The molecule has 1 heterocycles. The first-order chi connectivity index (χ1) is 12.1. The molecule has 1 aromatic heterocycles. The lowest BCUT2D eigenvalue weighted by Gasteiger charge is -2.09. The molecular weight excluding hydrogens is 364 g/mol. The van der Waals surface area contributed by atoms with Crippen molar-refractivity contribution in [3.05, 3.63) is 41.4 Å². The summed E-state index contributed by atoms with van der Waals surface area (Å²) in [5.74, 6) is 1.32. The Labute approximate surface area is 153 Å². The van der Waals surface area contributed by atoms with E-state index >= 15 is 0 Å². The number of halogens is 1. The Kier molecular flexibility index (Phi) is 5.25. The van der Waals surface area contributed by atoms with Crippen molar-refractivity contribution in [3.8, 4) is 17.2 Å². The molecule has 0 saturated carbocycles. The van der Waals surface area contributed by atoms with Gasteiger partial charge in [-0.1, -0.05) is 35.1 Å². The van der Waals surface area contributed by atoms with Gasteiger partial charge in [-0.15, -0.1) is 0 Å². The van der Waals surface area contributed by atoms with Crippen LogP contribution in [-0.4, -0.2) is 31.7 Å². The number of hydrogen-bond acceptors (Lipinski definition) is 6. The normalized spacial score (nSPS) is 10.5. The molecule has 25 heavy (non-hydrogen) atoms. The predicted octanol–water partition coefficient (Wildman–Crippen LogP) is 3.98. The van der Waals surface area contributed by atoms with E-state index in [9.17, 15) is 4.79 Å². The summed E-state index contributed by atoms with van der Waals surface area (Å²) >= 11 is 7.45. The molecular formula is C17H15ClN2O4S. The number of para-hydroxylation sites is 2. The molecule has 0 atom stereocenters. The summed E-state index contributed by atoms with van der Waals surface area (Å²) in [4.78, 5) is 16.5. The molecule has 0 spiro atoms. The standard InChI is InChI=1S/C17H15ClN2O4S/c1-22-11-5-3-4-6-12(11)24-9-14(21)19-17-20-15-13(23-2)8-7-10(18)16(15)25-17/h3-8H,9H2,1-2H3,(H,19,20,21). The molecule has 130 valence electrons. The summed E-state index contributed by atoms with van der Waals surface area (Å²) in [6.45, 7) is -0.166. The van der Waals surface area contributed by atoms with Crippen molar-refractivity contribution in [1.82, 2.24) is 4.98 Å². The second kappa shape index (κ2) is 7.58. The average molecular weight is 379 g/mol. The highest BCUT2D eigenvalue weighted by Gasteiger charge is 2.14. The molecule has 3 aromatic rings. The van der Waals surface area contributed by atoms with Crippen LogP contribution < -0.4 is 19.5 Å². The summed E-state index contributed by atoms with van der Waals surface area (Å²) in [7, 11) is 3.10. The molecule has 0 aliphatic carbocycles. The first kappa shape index (κ1) is 17.3.